The molecule has 2 bridgehead atoms. The number of carbonyl (C=O) groups excluding carboxylic acids is 1. The molecule has 1 aromatic carbocycles. The van der Waals surface area contributed by atoms with Crippen LogP contribution in [0.3, 0.4) is 0 Å². The third-order valence-corrected chi connectivity index (χ3v) is 5.96. The highest BCUT2D eigenvalue weighted by molar-refractivity contribution is 6.30. The summed E-state index contributed by atoms with van der Waals surface area (Å²) >= 11 is 6.07. The summed E-state index contributed by atoms with van der Waals surface area (Å²) in [6.45, 7) is 0. The van der Waals surface area contributed by atoms with Gasteiger partial charge in [0.25, 0.3) is 0 Å². The number of piperidine rings is 1. The number of nitrogens with zero attached hydrogens (tertiary/aromatic N) is 1. The molecular formula is C18H24Cl2N2O. The van der Waals surface area contributed by atoms with Gasteiger partial charge in [0, 0.05) is 36.1 Å². The number of halogens is 2. The predicted molar refractivity (Wildman–Crippen MR) is 95.3 cm³/mol. The maximum absolute atomic E-state index is 12.8. The molecule has 4 unspecified atom stereocenters. The lowest BCUT2D eigenvalue weighted by Crippen LogP contribution is -2.49. The summed E-state index contributed by atoms with van der Waals surface area (Å²) in [5, 5.41) is 4.41. The maximum atomic E-state index is 12.8. The second-order valence-electron chi connectivity index (χ2n) is 7.22. The molecule has 126 valence electrons. The van der Waals surface area contributed by atoms with Crippen molar-refractivity contribution in [2.75, 3.05) is 7.05 Å². The van der Waals surface area contributed by atoms with E-state index in [2.05, 4.69) is 11.4 Å². The minimum Gasteiger partial charge on any atom is -0.342 e. The molecule has 0 radical (unpaired) electrons. The van der Waals surface area contributed by atoms with Crippen molar-refractivity contribution in [1.82, 2.24) is 10.2 Å². The van der Waals surface area contributed by atoms with Crippen LogP contribution in [-0.2, 0) is 4.79 Å². The van der Waals surface area contributed by atoms with E-state index < -0.39 is 0 Å². The molecule has 1 amide bonds. The fourth-order valence-corrected chi connectivity index (χ4v) is 4.56. The van der Waals surface area contributed by atoms with E-state index in [4.69, 9.17) is 11.6 Å². The highest BCUT2D eigenvalue weighted by atomic mass is 35.5. The van der Waals surface area contributed by atoms with Gasteiger partial charge in [-0.05, 0) is 55.7 Å². The van der Waals surface area contributed by atoms with Gasteiger partial charge in [0.2, 0.25) is 5.91 Å². The molecule has 2 saturated heterocycles. The largest absolute Gasteiger partial charge is 0.342 e. The predicted octanol–water partition coefficient (Wildman–Crippen LogP) is 3.61. The molecule has 23 heavy (non-hydrogen) atoms. The Balaban J connectivity index is 0.00000156. The van der Waals surface area contributed by atoms with Crippen LogP contribution in [0.25, 0.3) is 0 Å². The van der Waals surface area contributed by atoms with Gasteiger partial charge in [-0.2, -0.15) is 0 Å². The molecule has 1 aromatic rings. The van der Waals surface area contributed by atoms with Gasteiger partial charge in [0.05, 0.1) is 0 Å². The first-order valence-corrected chi connectivity index (χ1v) is 8.78. The summed E-state index contributed by atoms with van der Waals surface area (Å²) in [4.78, 5) is 14.8. The minimum atomic E-state index is 0. The van der Waals surface area contributed by atoms with E-state index in [0.717, 1.165) is 24.3 Å². The molecule has 4 rings (SSSR count). The molecule has 0 spiro atoms. The average molecular weight is 355 g/mol. The monoisotopic (exact) mass is 354 g/mol. The van der Waals surface area contributed by atoms with Gasteiger partial charge in [-0.3, -0.25) is 4.79 Å². The van der Waals surface area contributed by atoms with Crippen LogP contribution >= 0.6 is 24.0 Å². The van der Waals surface area contributed by atoms with Crippen molar-refractivity contribution in [2.45, 2.75) is 56.1 Å². The number of amides is 1. The second kappa shape index (κ2) is 6.62. The molecule has 0 aromatic heterocycles. The van der Waals surface area contributed by atoms with E-state index in [1.807, 2.05) is 30.1 Å². The van der Waals surface area contributed by atoms with Gasteiger partial charge in [-0.25, -0.2) is 0 Å². The summed E-state index contributed by atoms with van der Waals surface area (Å²) in [5.74, 6) is 0.861. The Morgan fingerprint density at radius 1 is 1.22 bits per heavy atom. The number of benzene rings is 1. The Hall–Kier alpha value is -0.770. The van der Waals surface area contributed by atoms with E-state index in [1.165, 1.54) is 18.4 Å². The second-order valence-corrected chi connectivity index (χ2v) is 7.65. The molecule has 3 aliphatic rings. The van der Waals surface area contributed by atoms with Gasteiger partial charge >= 0.3 is 0 Å². The zero-order chi connectivity index (χ0) is 15.3. The number of rotatable bonds is 3. The molecule has 1 N–H and O–H groups in total. The number of nitrogens with one attached hydrogen (secondary N) is 1. The summed E-state index contributed by atoms with van der Waals surface area (Å²) in [5.41, 5.74) is 1.21. The maximum Gasteiger partial charge on any atom is 0.226 e. The average Bonchev–Trinajstić information content (AvgIpc) is 3.25. The molecule has 3 fully saturated rings. The van der Waals surface area contributed by atoms with Crippen LogP contribution in [0.2, 0.25) is 5.02 Å². The van der Waals surface area contributed by atoms with Crippen LogP contribution in [0.5, 0.6) is 0 Å². The zero-order valence-electron chi connectivity index (χ0n) is 13.4. The Morgan fingerprint density at radius 3 is 2.57 bits per heavy atom. The van der Waals surface area contributed by atoms with Crippen LogP contribution in [0.15, 0.2) is 24.3 Å². The van der Waals surface area contributed by atoms with E-state index in [0.29, 0.717) is 30.0 Å². The lowest BCUT2D eigenvalue weighted by Gasteiger charge is -2.35. The number of carbonyl (C=O) groups is 1. The SMILES string of the molecule is CN(C(=O)C1CC1c1cccc(Cl)c1)C1CC2CCC(C1)N2.Cl. The van der Waals surface area contributed by atoms with Gasteiger partial charge in [0.1, 0.15) is 0 Å². The molecular weight excluding hydrogens is 331 g/mol. The van der Waals surface area contributed by atoms with Crippen LogP contribution < -0.4 is 5.32 Å². The first kappa shape index (κ1) is 17.1. The van der Waals surface area contributed by atoms with E-state index in [9.17, 15) is 4.79 Å². The summed E-state index contributed by atoms with van der Waals surface area (Å²) in [6.07, 6.45) is 5.76. The van der Waals surface area contributed by atoms with Crippen LogP contribution in [0.1, 0.15) is 43.6 Å². The lowest BCUT2D eigenvalue weighted by atomic mass is 9.98. The lowest BCUT2D eigenvalue weighted by molar-refractivity contribution is -0.134. The van der Waals surface area contributed by atoms with Gasteiger partial charge in [-0.1, -0.05) is 23.7 Å². The fraction of sp³-hybridized carbons (Fsp3) is 0.611. The molecule has 1 aliphatic carbocycles. The molecule has 1 saturated carbocycles. The first-order valence-electron chi connectivity index (χ1n) is 8.40. The van der Waals surface area contributed by atoms with Crippen molar-refractivity contribution in [2.24, 2.45) is 5.92 Å². The van der Waals surface area contributed by atoms with E-state index in [-0.39, 0.29) is 18.3 Å². The first-order chi connectivity index (χ1) is 10.6. The zero-order valence-corrected chi connectivity index (χ0v) is 14.9. The summed E-state index contributed by atoms with van der Waals surface area (Å²) in [6, 6.07) is 9.64. The smallest absolute Gasteiger partial charge is 0.226 e. The van der Waals surface area contributed by atoms with Crippen molar-refractivity contribution in [3.05, 3.63) is 34.9 Å². The molecule has 4 atom stereocenters. The summed E-state index contributed by atoms with van der Waals surface area (Å²) < 4.78 is 0. The number of hydrogen-bond acceptors (Lipinski definition) is 2. The van der Waals surface area contributed by atoms with E-state index in [1.54, 1.807) is 0 Å². The Kier molecular flexibility index (Phi) is 4.91. The van der Waals surface area contributed by atoms with Crippen molar-refractivity contribution in [3.8, 4) is 0 Å². The van der Waals surface area contributed by atoms with Crippen LogP contribution in [-0.4, -0.2) is 36.0 Å². The topological polar surface area (TPSA) is 32.3 Å². The standard InChI is InChI=1S/C18H23ClN2O.ClH/c1-21(15-8-13-5-6-14(9-15)20-13)18(22)17-10-16(17)11-3-2-4-12(19)7-11;/h2-4,7,13-17,20H,5-6,8-10H2,1H3;1H. The Bertz CT molecular complexity index is 582. The summed E-state index contributed by atoms with van der Waals surface area (Å²) in [7, 11) is 2.01. The molecule has 2 heterocycles. The minimum absolute atomic E-state index is 0. The van der Waals surface area contributed by atoms with Crippen molar-refractivity contribution in [1.29, 1.82) is 0 Å². The fourth-order valence-electron chi connectivity index (χ4n) is 4.36. The van der Waals surface area contributed by atoms with Crippen molar-refractivity contribution < 1.29 is 4.79 Å². The van der Waals surface area contributed by atoms with E-state index >= 15 is 0 Å². The molecule has 5 heteroatoms. The third kappa shape index (κ3) is 3.38. The normalized spacial score (nSPS) is 34.6. The molecule has 2 aliphatic heterocycles. The highest BCUT2D eigenvalue weighted by Gasteiger charge is 2.47. The van der Waals surface area contributed by atoms with Crippen LogP contribution in [0.4, 0.5) is 0 Å². The third-order valence-electron chi connectivity index (χ3n) is 5.73. The van der Waals surface area contributed by atoms with Gasteiger partial charge in [0.15, 0.2) is 0 Å². The number of fused-ring (bicyclic) bond motifs is 2. The van der Waals surface area contributed by atoms with Gasteiger partial charge < -0.3 is 10.2 Å². The van der Waals surface area contributed by atoms with Crippen LogP contribution in [0, 0.1) is 5.92 Å². The quantitative estimate of drug-likeness (QED) is 0.899. The Morgan fingerprint density at radius 2 is 1.91 bits per heavy atom. The highest BCUT2D eigenvalue weighted by Crippen LogP contribution is 2.49. The Labute approximate surface area is 149 Å². The van der Waals surface area contributed by atoms with Gasteiger partial charge in [-0.15, -0.1) is 12.4 Å². The van der Waals surface area contributed by atoms with Crippen molar-refractivity contribution in [3.63, 3.8) is 0 Å². The van der Waals surface area contributed by atoms with Crippen molar-refractivity contribution >= 4 is 29.9 Å². The number of hydrogen-bond donors (Lipinski definition) is 1. The molecule has 3 nitrogen and oxygen atoms in total.